The second-order valence-corrected chi connectivity index (χ2v) is 4.03. The summed E-state index contributed by atoms with van der Waals surface area (Å²) in [6, 6.07) is 4.58. The predicted octanol–water partition coefficient (Wildman–Crippen LogP) is 2.30. The molecular formula is C10H8F3N3OS. The summed E-state index contributed by atoms with van der Waals surface area (Å²) in [6.45, 7) is 0.121. The van der Waals surface area contributed by atoms with Gasteiger partial charge in [-0.25, -0.2) is 9.89 Å². The van der Waals surface area contributed by atoms with Gasteiger partial charge in [0, 0.05) is 0 Å². The van der Waals surface area contributed by atoms with E-state index in [0.717, 1.165) is 12.1 Å². The Morgan fingerprint density at radius 1 is 1.17 bits per heavy atom. The van der Waals surface area contributed by atoms with Crippen LogP contribution < -0.4 is 5.69 Å². The molecule has 18 heavy (non-hydrogen) atoms. The number of rotatable bonds is 2. The molecule has 4 nitrogen and oxygen atoms in total. The molecule has 0 saturated carbocycles. The lowest BCUT2D eigenvalue weighted by Crippen LogP contribution is -2.17. The van der Waals surface area contributed by atoms with Crippen LogP contribution in [0.15, 0.2) is 29.1 Å². The van der Waals surface area contributed by atoms with Crippen LogP contribution in [0.25, 0.3) is 0 Å². The van der Waals surface area contributed by atoms with Crippen molar-refractivity contribution in [3.63, 3.8) is 0 Å². The lowest BCUT2D eigenvalue weighted by atomic mass is 10.1. The van der Waals surface area contributed by atoms with E-state index in [2.05, 4.69) is 10.2 Å². The molecule has 0 aliphatic heterocycles. The van der Waals surface area contributed by atoms with Crippen molar-refractivity contribution in [2.45, 2.75) is 12.7 Å². The number of nitrogens with zero attached hydrogens (tertiary/aromatic N) is 1. The van der Waals surface area contributed by atoms with Gasteiger partial charge in [-0.3, -0.25) is 9.67 Å². The van der Waals surface area contributed by atoms with Crippen molar-refractivity contribution in [3.8, 4) is 0 Å². The molecule has 0 unspecified atom stereocenters. The van der Waals surface area contributed by atoms with Crippen molar-refractivity contribution < 1.29 is 13.2 Å². The number of nitrogens with one attached hydrogen (secondary N) is 2. The standard InChI is InChI=1S/C10H8F3N3OS/c11-10(12,13)7-3-1-6(2-4-7)5-16-8(17)14-15-9(16)18/h1-4H,5H2,(H,14,17)(H,15,18). The second-order valence-electron chi connectivity index (χ2n) is 3.64. The fourth-order valence-electron chi connectivity index (χ4n) is 1.46. The molecule has 96 valence electrons. The molecule has 0 spiro atoms. The Morgan fingerprint density at radius 3 is 2.22 bits per heavy atom. The highest BCUT2D eigenvalue weighted by Gasteiger charge is 2.29. The molecule has 0 fully saturated rings. The Kier molecular flexibility index (Phi) is 3.12. The molecule has 1 aromatic carbocycles. The fourth-order valence-corrected chi connectivity index (χ4v) is 1.66. The topological polar surface area (TPSA) is 53.6 Å². The molecule has 0 radical (unpaired) electrons. The molecule has 2 aromatic rings. The van der Waals surface area contributed by atoms with Crippen LogP contribution in [0.2, 0.25) is 0 Å². The first-order valence-electron chi connectivity index (χ1n) is 4.91. The minimum Gasteiger partial charge on any atom is -0.272 e. The molecule has 2 N–H and O–H groups in total. The summed E-state index contributed by atoms with van der Waals surface area (Å²) in [5.41, 5.74) is -0.595. The number of halogens is 3. The Balaban J connectivity index is 2.27. The monoisotopic (exact) mass is 275 g/mol. The van der Waals surface area contributed by atoms with Gasteiger partial charge < -0.3 is 0 Å². The average molecular weight is 275 g/mol. The zero-order chi connectivity index (χ0) is 13.3. The Morgan fingerprint density at radius 2 is 1.78 bits per heavy atom. The van der Waals surface area contributed by atoms with Crippen molar-refractivity contribution in [2.75, 3.05) is 0 Å². The second kappa shape index (κ2) is 4.45. The largest absolute Gasteiger partial charge is 0.416 e. The van der Waals surface area contributed by atoms with Gasteiger partial charge in [0.15, 0.2) is 4.77 Å². The van der Waals surface area contributed by atoms with Gasteiger partial charge in [0.25, 0.3) is 0 Å². The van der Waals surface area contributed by atoms with E-state index in [4.69, 9.17) is 12.2 Å². The van der Waals surface area contributed by atoms with Crippen LogP contribution >= 0.6 is 12.2 Å². The van der Waals surface area contributed by atoms with Crippen LogP contribution in [0.3, 0.4) is 0 Å². The summed E-state index contributed by atoms with van der Waals surface area (Å²) in [6.07, 6.45) is -4.36. The molecule has 0 atom stereocenters. The molecule has 1 heterocycles. The van der Waals surface area contributed by atoms with Gasteiger partial charge in [0.2, 0.25) is 0 Å². The van der Waals surface area contributed by atoms with Crippen molar-refractivity contribution in [3.05, 3.63) is 50.6 Å². The molecule has 0 saturated heterocycles. The maximum absolute atomic E-state index is 12.3. The summed E-state index contributed by atoms with van der Waals surface area (Å²) in [7, 11) is 0. The van der Waals surface area contributed by atoms with Crippen molar-refractivity contribution in [1.29, 1.82) is 0 Å². The van der Waals surface area contributed by atoms with Gasteiger partial charge >= 0.3 is 11.9 Å². The first kappa shape index (κ1) is 12.6. The number of alkyl halides is 3. The van der Waals surface area contributed by atoms with E-state index >= 15 is 0 Å². The summed E-state index contributed by atoms with van der Waals surface area (Å²) in [5, 5.41) is 4.74. The molecular weight excluding hydrogens is 267 g/mol. The number of hydrogen-bond donors (Lipinski definition) is 2. The highest BCUT2D eigenvalue weighted by Crippen LogP contribution is 2.29. The van der Waals surface area contributed by atoms with E-state index in [9.17, 15) is 18.0 Å². The van der Waals surface area contributed by atoms with Gasteiger partial charge in [0.1, 0.15) is 0 Å². The van der Waals surface area contributed by atoms with Crippen LogP contribution in [-0.4, -0.2) is 14.8 Å². The SMILES string of the molecule is O=c1[nH][nH]c(=S)n1Cc1ccc(C(F)(F)F)cc1. The molecule has 0 bridgehead atoms. The predicted molar refractivity (Wildman–Crippen MR) is 60.8 cm³/mol. The quantitative estimate of drug-likeness (QED) is 0.826. The lowest BCUT2D eigenvalue weighted by Gasteiger charge is -2.07. The fraction of sp³-hybridized carbons (Fsp3) is 0.200. The van der Waals surface area contributed by atoms with Crippen molar-refractivity contribution >= 4 is 12.2 Å². The first-order valence-corrected chi connectivity index (χ1v) is 5.32. The summed E-state index contributed by atoms with van der Waals surface area (Å²) in [4.78, 5) is 11.3. The number of H-pyrrole nitrogens is 2. The molecule has 1 aromatic heterocycles. The van der Waals surface area contributed by atoms with Crippen LogP contribution in [-0.2, 0) is 12.7 Å². The smallest absolute Gasteiger partial charge is 0.272 e. The third-order valence-electron chi connectivity index (χ3n) is 2.39. The van der Waals surface area contributed by atoms with Gasteiger partial charge in [-0.2, -0.15) is 13.2 Å². The van der Waals surface area contributed by atoms with Crippen LogP contribution in [0.5, 0.6) is 0 Å². The average Bonchev–Trinajstić information content (AvgIpc) is 2.60. The maximum Gasteiger partial charge on any atom is 0.416 e. The first-order chi connectivity index (χ1) is 8.38. The maximum atomic E-state index is 12.3. The molecule has 0 aliphatic carbocycles. The van der Waals surface area contributed by atoms with Crippen LogP contribution in [0, 0.1) is 4.77 Å². The number of aromatic nitrogens is 3. The summed E-state index contributed by atoms with van der Waals surface area (Å²) in [5.74, 6) is 0. The summed E-state index contributed by atoms with van der Waals surface area (Å²) < 4.78 is 38.4. The van der Waals surface area contributed by atoms with E-state index in [1.807, 2.05) is 0 Å². The van der Waals surface area contributed by atoms with Crippen LogP contribution in [0.4, 0.5) is 13.2 Å². The lowest BCUT2D eigenvalue weighted by molar-refractivity contribution is -0.137. The highest BCUT2D eigenvalue weighted by atomic mass is 32.1. The van der Waals surface area contributed by atoms with Crippen molar-refractivity contribution in [1.82, 2.24) is 14.8 Å². The van der Waals surface area contributed by atoms with E-state index in [0.29, 0.717) is 5.56 Å². The minimum atomic E-state index is -4.36. The zero-order valence-corrected chi connectivity index (χ0v) is 9.73. The Bertz CT molecular complexity index is 623. The number of aromatic amines is 2. The van der Waals surface area contributed by atoms with Gasteiger partial charge in [-0.15, -0.1) is 0 Å². The Labute approximate surface area is 104 Å². The molecule has 2 rings (SSSR count). The van der Waals surface area contributed by atoms with E-state index in [-0.39, 0.29) is 11.3 Å². The third-order valence-corrected chi connectivity index (χ3v) is 2.71. The minimum absolute atomic E-state index is 0.121. The van der Waals surface area contributed by atoms with E-state index in [1.54, 1.807) is 0 Å². The van der Waals surface area contributed by atoms with E-state index < -0.39 is 17.4 Å². The zero-order valence-electron chi connectivity index (χ0n) is 8.91. The van der Waals surface area contributed by atoms with Gasteiger partial charge in [0.05, 0.1) is 12.1 Å². The highest BCUT2D eigenvalue weighted by molar-refractivity contribution is 7.71. The van der Waals surface area contributed by atoms with Gasteiger partial charge in [-0.1, -0.05) is 12.1 Å². The van der Waals surface area contributed by atoms with E-state index in [1.165, 1.54) is 16.7 Å². The van der Waals surface area contributed by atoms with Crippen LogP contribution in [0.1, 0.15) is 11.1 Å². The summed E-state index contributed by atoms with van der Waals surface area (Å²) >= 11 is 4.85. The molecule has 8 heteroatoms. The normalized spacial score (nSPS) is 11.7. The number of hydrogen-bond acceptors (Lipinski definition) is 2. The van der Waals surface area contributed by atoms with Crippen molar-refractivity contribution in [2.24, 2.45) is 0 Å². The number of benzene rings is 1. The molecule has 0 aliphatic rings. The Hall–Kier alpha value is -1.83. The van der Waals surface area contributed by atoms with Gasteiger partial charge in [-0.05, 0) is 29.9 Å². The molecule has 0 amide bonds. The third kappa shape index (κ3) is 2.53.